The molecule has 1 saturated heterocycles. The van der Waals surface area contributed by atoms with E-state index in [1.54, 1.807) is 36.4 Å². The highest BCUT2D eigenvalue weighted by Gasteiger charge is 2.50. The average molecular weight is 516 g/mol. The number of anilines is 1. The Balaban J connectivity index is 1.25. The van der Waals surface area contributed by atoms with Crippen molar-refractivity contribution >= 4 is 40.9 Å². The lowest BCUT2D eigenvalue weighted by atomic mass is 9.73. The number of hydrogen-bond donors (Lipinski definition) is 0. The minimum atomic E-state index is -0.990. The molecule has 1 aliphatic carbocycles. The van der Waals surface area contributed by atoms with Crippen LogP contribution in [0.15, 0.2) is 78.9 Å². The first kappa shape index (κ1) is 24.9. The van der Waals surface area contributed by atoms with Gasteiger partial charge in [-0.25, -0.2) is 4.79 Å². The lowest BCUT2D eigenvalue weighted by molar-refractivity contribution is -0.122. The van der Waals surface area contributed by atoms with Crippen LogP contribution in [0.5, 0.6) is 0 Å². The van der Waals surface area contributed by atoms with Crippen LogP contribution >= 0.6 is 11.6 Å². The van der Waals surface area contributed by atoms with Crippen LogP contribution in [0.4, 0.5) is 5.69 Å². The summed E-state index contributed by atoms with van der Waals surface area (Å²) < 4.78 is 5.35. The Hall–Kier alpha value is -3.77. The zero-order valence-corrected chi connectivity index (χ0v) is 21.1. The van der Waals surface area contributed by atoms with Crippen molar-refractivity contribution in [3.05, 3.63) is 101 Å². The van der Waals surface area contributed by atoms with Crippen LogP contribution < -0.4 is 4.90 Å². The normalized spacial score (nSPS) is 21.9. The van der Waals surface area contributed by atoms with E-state index in [1.807, 2.05) is 18.2 Å². The van der Waals surface area contributed by atoms with E-state index in [9.17, 15) is 19.2 Å². The van der Waals surface area contributed by atoms with Crippen molar-refractivity contribution in [3.63, 3.8) is 0 Å². The van der Waals surface area contributed by atoms with Gasteiger partial charge in [0.25, 0.3) is 0 Å². The van der Waals surface area contributed by atoms with E-state index in [2.05, 4.69) is 12.1 Å². The van der Waals surface area contributed by atoms with Crippen LogP contribution in [0.25, 0.3) is 0 Å². The fourth-order valence-corrected chi connectivity index (χ4v) is 5.47. The van der Waals surface area contributed by atoms with Crippen molar-refractivity contribution in [3.8, 4) is 0 Å². The molecule has 2 fully saturated rings. The molecule has 3 aromatic carbocycles. The number of amides is 2. The minimum absolute atomic E-state index is 0.181. The fourth-order valence-electron chi connectivity index (χ4n) is 5.34. The second-order valence-corrected chi connectivity index (χ2v) is 10.0. The molecular weight excluding hydrogens is 490 g/mol. The third-order valence-corrected chi connectivity index (χ3v) is 7.59. The molecule has 1 saturated carbocycles. The van der Waals surface area contributed by atoms with Crippen LogP contribution in [0.1, 0.15) is 58.4 Å². The van der Waals surface area contributed by atoms with Gasteiger partial charge < -0.3 is 4.74 Å². The maximum absolute atomic E-state index is 13.3. The number of imide groups is 1. The van der Waals surface area contributed by atoms with Gasteiger partial charge in [-0.1, -0.05) is 41.9 Å². The number of carbonyl (C=O) groups excluding carboxylic acids is 4. The number of ketones is 1. The lowest BCUT2D eigenvalue weighted by Crippen LogP contribution is -2.31. The number of benzene rings is 3. The molecule has 2 aliphatic rings. The minimum Gasteiger partial charge on any atom is -0.451 e. The standard InChI is InChI=1S/C30H26ClNO5/c1-18(27(33)20-7-12-23(31)13-8-20)37-30(36)21-9-14-24(15-10-21)32-28(34)25-16-11-22(17-26(25)29(32)35)19-5-3-2-4-6-19/h2-10,12-15,18,22,25-26H,11,16-17H2,1H3/t18-,22-,25+,26+/m0/s1. The quantitative estimate of drug-likeness (QED) is 0.234. The topological polar surface area (TPSA) is 80.8 Å². The average Bonchev–Trinajstić information content (AvgIpc) is 3.18. The first-order valence-corrected chi connectivity index (χ1v) is 12.7. The third kappa shape index (κ3) is 4.94. The maximum Gasteiger partial charge on any atom is 0.338 e. The number of nitrogens with zero attached hydrogens (tertiary/aromatic N) is 1. The molecule has 0 spiro atoms. The molecule has 37 heavy (non-hydrogen) atoms. The van der Waals surface area contributed by atoms with Crippen LogP contribution in [-0.4, -0.2) is 29.7 Å². The molecule has 0 N–H and O–H groups in total. The Morgan fingerprint density at radius 2 is 1.46 bits per heavy atom. The van der Waals surface area contributed by atoms with Crippen molar-refractivity contribution in [2.24, 2.45) is 11.8 Å². The molecule has 4 atom stereocenters. The summed E-state index contributed by atoms with van der Waals surface area (Å²) in [5, 5.41) is 0.506. The molecule has 1 heterocycles. The number of Topliss-reactive ketones (excluding diaryl/α,β-unsaturated/α-hetero) is 1. The van der Waals surface area contributed by atoms with Crippen LogP contribution in [-0.2, 0) is 14.3 Å². The molecule has 7 heteroatoms. The van der Waals surface area contributed by atoms with E-state index in [-0.39, 0.29) is 40.9 Å². The molecule has 5 rings (SSSR count). The second-order valence-electron chi connectivity index (χ2n) is 9.61. The van der Waals surface area contributed by atoms with Gasteiger partial charge in [0.2, 0.25) is 17.6 Å². The highest BCUT2D eigenvalue weighted by molar-refractivity contribution is 6.30. The van der Waals surface area contributed by atoms with Crippen molar-refractivity contribution in [2.45, 2.75) is 38.2 Å². The highest BCUT2D eigenvalue weighted by Crippen LogP contribution is 2.45. The van der Waals surface area contributed by atoms with Crippen molar-refractivity contribution in [1.29, 1.82) is 0 Å². The Morgan fingerprint density at radius 3 is 2.14 bits per heavy atom. The van der Waals surface area contributed by atoms with Gasteiger partial charge in [-0.15, -0.1) is 0 Å². The Labute approximate surface area is 220 Å². The van der Waals surface area contributed by atoms with Crippen molar-refractivity contribution in [2.75, 3.05) is 4.90 Å². The molecule has 188 valence electrons. The van der Waals surface area contributed by atoms with Gasteiger partial charge in [-0.05, 0) is 86.2 Å². The van der Waals surface area contributed by atoms with Gasteiger partial charge in [0.05, 0.1) is 23.1 Å². The number of rotatable bonds is 6. The molecule has 0 aromatic heterocycles. The van der Waals surface area contributed by atoms with Crippen LogP contribution in [0.2, 0.25) is 5.02 Å². The van der Waals surface area contributed by atoms with Crippen molar-refractivity contribution < 1.29 is 23.9 Å². The van der Waals surface area contributed by atoms with Gasteiger partial charge in [0.1, 0.15) is 0 Å². The lowest BCUT2D eigenvalue weighted by Gasteiger charge is -2.28. The molecule has 3 aromatic rings. The summed E-state index contributed by atoms with van der Waals surface area (Å²) in [6, 6.07) is 22.6. The van der Waals surface area contributed by atoms with E-state index >= 15 is 0 Å². The summed E-state index contributed by atoms with van der Waals surface area (Å²) in [5.74, 6) is -1.76. The molecular formula is C30H26ClNO5. The number of ether oxygens (including phenoxy) is 1. The number of fused-ring (bicyclic) bond motifs is 1. The zero-order valence-electron chi connectivity index (χ0n) is 20.3. The largest absolute Gasteiger partial charge is 0.451 e. The van der Waals surface area contributed by atoms with Crippen LogP contribution in [0.3, 0.4) is 0 Å². The SMILES string of the molecule is C[C@H](OC(=O)c1ccc(N2C(=O)[C@@H]3CC[C@H](c4ccccc4)C[C@H]3C2=O)cc1)C(=O)c1ccc(Cl)cc1. The first-order valence-electron chi connectivity index (χ1n) is 12.4. The Bertz CT molecular complexity index is 1340. The predicted octanol–water partition coefficient (Wildman–Crippen LogP) is 5.84. The summed E-state index contributed by atoms with van der Waals surface area (Å²) in [6.45, 7) is 1.51. The van der Waals surface area contributed by atoms with Gasteiger partial charge in [-0.3, -0.25) is 19.3 Å². The highest BCUT2D eigenvalue weighted by atomic mass is 35.5. The zero-order chi connectivity index (χ0) is 26.1. The summed E-state index contributed by atoms with van der Waals surface area (Å²) >= 11 is 5.86. The van der Waals surface area contributed by atoms with Gasteiger partial charge >= 0.3 is 5.97 Å². The smallest absolute Gasteiger partial charge is 0.338 e. The Morgan fingerprint density at radius 1 is 0.838 bits per heavy atom. The predicted molar refractivity (Wildman–Crippen MR) is 140 cm³/mol. The third-order valence-electron chi connectivity index (χ3n) is 7.34. The fraction of sp³-hybridized carbons (Fsp3) is 0.267. The van der Waals surface area contributed by atoms with E-state index in [0.29, 0.717) is 29.1 Å². The first-order chi connectivity index (χ1) is 17.8. The monoisotopic (exact) mass is 515 g/mol. The summed E-state index contributed by atoms with van der Waals surface area (Å²) in [7, 11) is 0. The van der Waals surface area contributed by atoms with Gasteiger partial charge in [0.15, 0.2) is 6.10 Å². The van der Waals surface area contributed by atoms with E-state index in [1.165, 1.54) is 29.5 Å². The van der Waals surface area contributed by atoms with E-state index in [0.717, 1.165) is 6.42 Å². The summed E-state index contributed by atoms with van der Waals surface area (Å²) in [4.78, 5) is 52.9. The van der Waals surface area contributed by atoms with Crippen molar-refractivity contribution in [1.82, 2.24) is 0 Å². The molecule has 0 bridgehead atoms. The molecule has 2 amide bonds. The molecule has 6 nitrogen and oxygen atoms in total. The summed E-state index contributed by atoms with van der Waals surface area (Å²) in [6.07, 6.45) is 1.21. The van der Waals surface area contributed by atoms with E-state index in [4.69, 9.17) is 16.3 Å². The number of carbonyl (C=O) groups is 4. The molecule has 0 radical (unpaired) electrons. The van der Waals surface area contributed by atoms with E-state index < -0.39 is 12.1 Å². The van der Waals surface area contributed by atoms with Gasteiger partial charge in [0, 0.05) is 10.6 Å². The Kier molecular flexibility index (Phi) is 6.94. The number of esters is 1. The number of halogens is 1. The second kappa shape index (κ2) is 10.3. The van der Waals surface area contributed by atoms with Crippen LogP contribution in [0, 0.1) is 11.8 Å². The maximum atomic E-state index is 13.3. The molecule has 1 aliphatic heterocycles. The molecule has 0 unspecified atom stereocenters. The van der Waals surface area contributed by atoms with Gasteiger partial charge in [-0.2, -0.15) is 0 Å². The number of hydrogen-bond acceptors (Lipinski definition) is 5. The summed E-state index contributed by atoms with van der Waals surface area (Å²) in [5.41, 5.74) is 2.25.